The number of allylic oxidation sites excluding steroid dienone is 2. The Labute approximate surface area is 187 Å². The molecule has 0 spiro atoms. The van der Waals surface area contributed by atoms with Crippen LogP contribution in [0, 0.1) is 0 Å². The van der Waals surface area contributed by atoms with Crippen molar-refractivity contribution in [2.24, 2.45) is 0 Å². The molecule has 0 fully saturated rings. The summed E-state index contributed by atoms with van der Waals surface area (Å²) in [4.78, 5) is 0. The Kier molecular flexibility index (Phi) is 7.25. The second-order valence-corrected chi connectivity index (χ2v) is 8.70. The lowest BCUT2D eigenvalue weighted by Crippen LogP contribution is -2.03. The smallest absolute Gasteiger partial charge is 0.118 e. The van der Waals surface area contributed by atoms with Gasteiger partial charge in [0.1, 0.15) is 5.75 Å². The average Bonchev–Trinajstić information content (AvgIpc) is 2.85. The zero-order valence-corrected chi connectivity index (χ0v) is 18.9. The number of hydrogen-bond donors (Lipinski definition) is 0. The van der Waals surface area contributed by atoms with Crippen LogP contribution in [-0.2, 0) is 6.42 Å². The van der Waals surface area contributed by atoms with Crippen molar-refractivity contribution >= 4 is 5.57 Å². The van der Waals surface area contributed by atoms with Crippen molar-refractivity contribution in [3.63, 3.8) is 0 Å². The molecule has 0 radical (unpaired) electrons. The van der Waals surface area contributed by atoms with Crippen molar-refractivity contribution in [2.45, 2.75) is 57.8 Å². The molecule has 1 aliphatic rings. The van der Waals surface area contributed by atoms with Crippen LogP contribution in [0.4, 0.5) is 0 Å². The number of benzene rings is 3. The molecule has 1 aliphatic carbocycles. The Morgan fingerprint density at radius 3 is 2.06 bits per heavy atom. The number of hydrogen-bond acceptors (Lipinski definition) is 1. The fraction of sp³-hybridized carbons (Fsp3) is 0.333. The van der Waals surface area contributed by atoms with Crippen LogP contribution in [0.15, 0.2) is 78.9 Å². The SMILES string of the molecule is CCCCCc1ccc(-c2ccc(C3=CC(c4ccc(OC)cc4)CCC3)cc2)cc1. The fourth-order valence-electron chi connectivity index (χ4n) is 4.60. The van der Waals surface area contributed by atoms with Gasteiger partial charge in [-0.15, -0.1) is 0 Å². The summed E-state index contributed by atoms with van der Waals surface area (Å²) in [6, 6.07) is 26.8. The summed E-state index contributed by atoms with van der Waals surface area (Å²) in [5.41, 5.74) is 8.27. The van der Waals surface area contributed by atoms with Gasteiger partial charge < -0.3 is 4.74 Å². The molecule has 0 aromatic heterocycles. The van der Waals surface area contributed by atoms with Gasteiger partial charge in [-0.1, -0.05) is 86.5 Å². The van der Waals surface area contributed by atoms with E-state index in [9.17, 15) is 0 Å². The predicted molar refractivity (Wildman–Crippen MR) is 133 cm³/mol. The maximum absolute atomic E-state index is 5.31. The molecule has 3 aromatic rings. The van der Waals surface area contributed by atoms with Crippen LogP contribution >= 0.6 is 0 Å². The molecule has 3 aromatic carbocycles. The van der Waals surface area contributed by atoms with E-state index in [4.69, 9.17) is 4.74 Å². The van der Waals surface area contributed by atoms with Crippen LogP contribution in [0.2, 0.25) is 0 Å². The maximum atomic E-state index is 5.31. The number of ether oxygens (including phenoxy) is 1. The Morgan fingerprint density at radius 2 is 1.42 bits per heavy atom. The highest BCUT2D eigenvalue weighted by Crippen LogP contribution is 2.36. The third-order valence-corrected chi connectivity index (χ3v) is 6.52. The summed E-state index contributed by atoms with van der Waals surface area (Å²) >= 11 is 0. The number of rotatable bonds is 8. The standard InChI is InChI=1S/C30H34O/c1-3-4-5-7-23-10-12-24(13-11-23)25-14-16-26(17-15-25)28-8-6-9-29(22-28)27-18-20-30(31-2)21-19-27/h10-22,29H,3-9H2,1-2H3. The normalized spacial score (nSPS) is 16.1. The molecule has 0 bridgehead atoms. The Bertz CT molecular complexity index is 978. The molecule has 1 atom stereocenters. The first-order chi connectivity index (χ1) is 15.3. The quantitative estimate of drug-likeness (QED) is 0.338. The van der Waals surface area contributed by atoms with Gasteiger partial charge in [0.2, 0.25) is 0 Å². The van der Waals surface area contributed by atoms with Gasteiger partial charge in [0.15, 0.2) is 0 Å². The van der Waals surface area contributed by atoms with E-state index in [0.29, 0.717) is 5.92 Å². The lowest BCUT2D eigenvalue weighted by Gasteiger charge is -2.22. The molecule has 4 rings (SSSR count). The topological polar surface area (TPSA) is 9.23 Å². The van der Waals surface area contributed by atoms with E-state index in [1.165, 1.54) is 78.3 Å². The minimum absolute atomic E-state index is 0.495. The van der Waals surface area contributed by atoms with Crippen LogP contribution in [-0.4, -0.2) is 7.11 Å². The highest BCUT2D eigenvalue weighted by molar-refractivity contribution is 5.71. The van der Waals surface area contributed by atoms with Crippen LogP contribution in [0.3, 0.4) is 0 Å². The molecule has 0 amide bonds. The molecule has 0 saturated carbocycles. The monoisotopic (exact) mass is 410 g/mol. The fourth-order valence-corrected chi connectivity index (χ4v) is 4.60. The number of aryl methyl sites for hydroxylation is 1. The van der Waals surface area contributed by atoms with Gasteiger partial charge in [0.25, 0.3) is 0 Å². The summed E-state index contributed by atoms with van der Waals surface area (Å²) in [5.74, 6) is 1.42. The van der Waals surface area contributed by atoms with Gasteiger partial charge in [0, 0.05) is 5.92 Å². The molecule has 0 aliphatic heterocycles. The highest BCUT2D eigenvalue weighted by Gasteiger charge is 2.16. The lowest BCUT2D eigenvalue weighted by molar-refractivity contribution is 0.414. The second kappa shape index (κ2) is 10.5. The van der Waals surface area contributed by atoms with Crippen molar-refractivity contribution in [3.8, 4) is 16.9 Å². The zero-order valence-electron chi connectivity index (χ0n) is 18.9. The van der Waals surface area contributed by atoms with E-state index in [0.717, 1.165) is 5.75 Å². The van der Waals surface area contributed by atoms with Gasteiger partial charge in [-0.05, 0) is 77.6 Å². The van der Waals surface area contributed by atoms with Crippen molar-refractivity contribution in [3.05, 3.63) is 95.6 Å². The zero-order chi connectivity index (χ0) is 21.5. The second-order valence-electron chi connectivity index (χ2n) is 8.70. The van der Waals surface area contributed by atoms with Gasteiger partial charge in [0.05, 0.1) is 7.11 Å². The molecular weight excluding hydrogens is 376 g/mol. The highest BCUT2D eigenvalue weighted by atomic mass is 16.5. The van der Waals surface area contributed by atoms with Crippen LogP contribution in [0.5, 0.6) is 5.75 Å². The summed E-state index contributed by atoms with van der Waals surface area (Å²) < 4.78 is 5.31. The van der Waals surface area contributed by atoms with E-state index in [-0.39, 0.29) is 0 Å². The Balaban J connectivity index is 1.46. The van der Waals surface area contributed by atoms with Gasteiger partial charge in [-0.25, -0.2) is 0 Å². The van der Waals surface area contributed by atoms with Gasteiger partial charge in [-0.2, -0.15) is 0 Å². The predicted octanol–water partition coefficient (Wildman–Crippen LogP) is 8.45. The minimum atomic E-state index is 0.495. The van der Waals surface area contributed by atoms with Crippen molar-refractivity contribution < 1.29 is 4.74 Å². The Hall–Kier alpha value is -2.80. The minimum Gasteiger partial charge on any atom is -0.497 e. The Morgan fingerprint density at radius 1 is 0.774 bits per heavy atom. The average molecular weight is 411 g/mol. The van der Waals surface area contributed by atoms with E-state index in [1.807, 2.05) is 0 Å². The molecule has 1 heteroatoms. The van der Waals surface area contributed by atoms with E-state index >= 15 is 0 Å². The van der Waals surface area contributed by atoms with Crippen molar-refractivity contribution in [1.82, 2.24) is 0 Å². The van der Waals surface area contributed by atoms with E-state index in [1.54, 1.807) is 7.11 Å². The first kappa shape index (κ1) is 21.4. The largest absolute Gasteiger partial charge is 0.497 e. The van der Waals surface area contributed by atoms with E-state index < -0.39 is 0 Å². The van der Waals surface area contributed by atoms with Crippen molar-refractivity contribution in [1.29, 1.82) is 0 Å². The molecule has 0 saturated heterocycles. The van der Waals surface area contributed by atoms with Crippen LogP contribution in [0.25, 0.3) is 16.7 Å². The number of unbranched alkanes of at least 4 members (excludes halogenated alkanes) is 2. The molecule has 1 unspecified atom stereocenters. The summed E-state index contributed by atoms with van der Waals surface area (Å²) in [7, 11) is 1.72. The van der Waals surface area contributed by atoms with Crippen LogP contribution < -0.4 is 4.74 Å². The number of methoxy groups -OCH3 is 1. The molecule has 1 nitrogen and oxygen atoms in total. The summed E-state index contributed by atoms with van der Waals surface area (Å²) in [6.45, 7) is 2.26. The van der Waals surface area contributed by atoms with Gasteiger partial charge >= 0.3 is 0 Å². The third-order valence-electron chi connectivity index (χ3n) is 6.52. The maximum Gasteiger partial charge on any atom is 0.118 e. The first-order valence-electron chi connectivity index (χ1n) is 11.8. The molecule has 31 heavy (non-hydrogen) atoms. The molecular formula is C30H34O. The van der Waals surface area contributed by atoms with Crippen molar-refractivity contribution in [2.75, 3.05) is 7.11 Å². The third kappa shape index (κ3) is 5.47. The first-order valence-corrected chi connectivity index (χ1v) is 11.8. The van der Waals surface area contributed by atoms with Gasteiger partial charge in [-0.3, -0.25) is 0 Å². The molecule has 0 heterocycles. The summed E-state index contributed by atoms with van der Waals surface area (Å²) in [5, 5.41) is 0. The lowest BCUT2D eigenvalue weighted by atomic mass is 9.83. The summed E-state index contributed by atoms with van der Waals surface area (Å²) in [6.07, 6.45) is 11.2. The molecule has 160 valence electrons. The van der Waals surface area contributed by atoms with E-state index in [2.05, 4.69) is 85.8 Å². The molecule has 0 N–H and O–H groups in total. The van der Waals surface area contributed by atoms with Crippen LogP contribution in [0.1, 0.15) is 68.1 Å².